The fourth-order valence-corrected chi connectivity index (χ4v) is 4.97. The first kappa shape index (κ1) is 18.5. The van der Waals surface area contributed by atoms with E-state index in [4.69, 9.17) is 23.8 Å². The number of nitrogens with one attached hydrogen (secondary N) is 2. The fourth-order valence-electron chi connectivity index (χ4n) is 3.36. The van der Waals surface area contributed by atoms with Crippen LogP contribution in [0.2, 0.25) is 5.02 Å². The predicted octanol–water partition coefficient (Wildman–Crippen LogP) is 4.57. The number of aromatic amines is 1. The summed E-state index contributed by atoms with van der Waals surface area (Å²) in [4.78, 5) is 14.3. The average Bonchev–Trinajstić information content (AvgIpc) is 3.20. The Morgan fingerprint density at radius 2 is 2.21 bits per heavy atom. The van der Waals surface area contributed by atoms with Crippen molar-refractivity contribution in [2.45, 2.75) is 32.4 Å². The van der Waals surface area contributed by atoms with Gasteiger partial charge in [-0.05, 0) is 50.2 Å². The van der Waals surface area contributed by atoms with Crippen molar-refractivity contribution < 1.29 is 4.79 Å². The summed E-state index contributed by atoms with van der Waals surface area (Å²) in [6, 6.07) is 9.81. The number of benzene rings is 1. The number of thiophene rings is 1. The van der Waals surface area contributed by atoms with Crippen molar-refractivity contribution >= 4 is 51.3 Å². The number of halogens is 1. The van der Waals surface area contributed by atoms with E-state index >= 15 is 0 Å². The lowest BCUT2D eigenvalue weighted by molar-refractivity contribution is 0.0953. The molecule has 0 bridgehead atoms. The molecule has 148 valence electrons. The normalized spacial score (nSPS) is 13.9. The van der Waals surface area contributed by atoms with Gasteiger partial charge >= 0.3 is 0 Å². The second-order valence-electron chi connectivity index (χ2n) is 7.01. The molecule has 7 nitrogen and oxygen atoms in total. The molecule has 29 heavy (non-hydrogen) atoms. The minimum absolute atomic E-state index is 0.146. The molecule has 4 aromatic rings. The molecule has 10 heteroatoms. The molecule has 1 saturated carbocycles. The summed E-state index contributed by atoms with van der Waals surface area (Å²) in [5.41, 5.74) is 1.64. The quantitative estimate of drug-likeness (QED) is 0.442. The van der Waals surface area contributed by atoms with Gasteiger partial charge in [-0.2, -0.15) is 10.2 Å². The minimum atomic E-state index is -0.146. The lowest BCUT2D eigenvalue weighted by atomic mass is 10.3. The van der Waals surface area contributed by atoms with E-state index < -0.39 is 0 Å². The van der Waals surface area contributed by atoms with Gasteiger partial charge in [0.25, 0.3) is 5.91 Å². The highest BCUT2D eigenvalue weighted by molar-refractivity contribution is 7.71. The summed E-state index contributed by atoms with van der Waals surface area (Å²) in [7, 11) is 0. The smallest absolute Gasteiger partial charge is 0.261 e. The summed E-state index contributed by atoms with van der Waals surface area (Å²) in [6.45, 7) is 2.25. The molecule has 0 unspecified atom stereocenters. The van der Waals surface area contributed by atoms with Gasteiger partial charge in [-0.3, -0.25) is 14.5 Å². The van der Waals surface area contributed by atoms with Crippen LogP contribution in [0.25, 0.3) is 15.9 Å². The number of aromatic nitrogens is 5. The molecule has 3 aromatic heterocycles. The van der Waals surface area contributed by atoms with E-state index in [-0.39, 0.29) is 5.91 Å². The van der Waals surface area contributed by atoms with Crippen LogP contribution < -0.4 is 5.32 Å². The summed E-state index contributed by atoms with van der Waals surface area (Å²) < 4.78 is 4.40. The standard InChI is InChI=1S/C19H17ClN6OS2/c1-10-12-8-15(29-18(12)26(24-10)14-5-3-2-4-13(14)20)17(27)21-9-16-22-23-19(28)25(16)11-6-7-11/h2-5,8,11H,6-7,9H2,1H3,(H,21,27)(H,23,28). The number of fused-ring (bicyclic) bond motifs is 1. The SMILES string of the molecule is Cc1nn(-c2ccccc2Cl)c2sc(C(=O)NCc3n[nH]c(=S)n3C3CC3)cc12. The van der Waals surface area contributed by atoms with Crippen molar-refractivity contribution in [3.8, 4) is 5.69 Å². The minimum Gasteiger partial charge on any atom is -0.344 e. The van der Waals surface area contributed by atoms with Crippen LogP contribution in [0.5, 0.6) is 0 Å². The Balaban J connectivity index is 1.42. The maximum atomic E-state index is 12.8. The average molecular weight is 445 g/mol. The van der Waals surface area contributed by atoms with E-state index in [0.717, 1.165) is 40.3 Å². The third kappa shape index (κ3) is 3.29. The predicted molar refractivity (Wildman–Crippen MR) is 116 cm³/mol. The molecule has 0 radical (unpaired) electrons. The van der Waals surface area contributed by atoms with E-state index in [2.05, 4.69) is 20.6 Å². The molecule has 1 amide bonds. The molecule has 5 rings (SSSR count). The van der Waals surface area contributed by atoms with E-state index in [9.17, 15) is 4.79 Å². The molecule has 1 aromatic carbocycles. The third-order valence-electron chi connectivity index (χ3n) is 4.95. The zero-order valence-corrected chi connectivity index (χ0v) is 17.9. The number of rotatable bonds is 5. The Kier molecular flexibility index (Phi) is 4.53. The number of amides is 1. The molecule has 0 atom stereocenters. The van der Waals surface area contributed by atoms with Crippen molar-refractivity contribution in [2.75, 3.05) is 0 Å². The van der Waals surface area contributed by atoms with Gasteiger partial charge in [0, 0.05) is 11.4 Å². The number of H-pyrrole nitrogens is 1. The molecule has 3 heterocycles. The summed E-state index contributed by atoms with van der Waals surface area (Å²) in [5, 5.41) is 16.2. The van der Waals surface area contributed by atoms with Crippen molar-refractivity contribution in [3.63, 3.8) is 0 Å². The maximum Gasteiger partial charge on any atom is 0.261 e. The van der Waals surface area contributed by atoms with Crippen LogP contribution in [0.1, 0.15) is 40.1 Å². The highest BCUT2D eigenvalue weighted by Crippen LogP contribution is 2.36. The highest BCUT2D eigenvalue weighted by Gasteiger charge is 2.27. The first-order chi connectivity index (χ1) is 14.0. The van der Waals surface area contributed by atoms with Crippen LogP contribution in [-0.4, -0.2) is 30.5 Å². The van der Waals surface area contributed by atoms with Gasteiger partial charge in [0.15, 0.2) is 10.6 Å². The van der Waals surface area contributed by atoms with Crippen molar-refractivity contribution in [1.82, 2.24) is 29.9 Å². The number of carbonyl (C=O) groups excluding carboxylic acids is 1. The van der Waals surface area contributed by atoms with E-state index in [0.29, 0.717) is 27.3 Å². The molecule has 0 aliphatic heterocycles. The number of hydrogen-bond donors (Lipinski definition) is 2. The molecule has 0 spiro atoms. The summed E-state index contributed by atoms with van der Waals surface area (Å²) in [6.07, 6.45) is 2.20. The Labute approximate surface area is 180 Å². The van der Waals surface area contributed by atoms with Gasteiger partial charge in [0.1, 0.15) is 4.83 Å². The molecule has 1 aliphatic carbocycles. The highest BCUT2D eigenvalue weighted by atomic mass is 35.5. The second kappa shape index (κ2) is 7.08. The van der Waals surface area contributed by atoms with Gasteiger partial charge in [-0.1, -0.05) is 23.7 Å². The molecule has 1 fully saturated rings. The van der Waals surface area contributed by atoms with Crippen molar-refractivity contribution in [2.24, 2.45) is 0 Å². The topological polar surface area (TPSA) is 80.5 Å². The van der Waals surface area contributed by atoms with Crippen LogP contribution in [0.15, 0.2) is 30.3 Å². The summed E-state index contributed by atoms with van der Waals surface area (Å²) in [5.74, 6) is 0.609. The Hall–Kier alpha value is -2.49. The van der Waals surface area contributed by atoms with Gasteiger partial charge in [-0.25, -0.2) is 4.68 Å². The van der Waals surface area contributed by atoms with Crippen LogP contribution in [0, 0.1) is 11.7 Å². The van der Waals surface area contributed by atoms with E-state index in [1.54, 1.807) is 4.68 Å². The Morgan fingerprint density at radius 3 is 2.97 bits per heavy atom. The first-order valence-electron chi connectivity index (χ1n) is 9.21. The third-order valence-corrected chi connectivity index (χ3v) is 6.66. The lowest BCUT2D eigenvalue weighted by Gasteiger charge is -2.06. The maximum absolute atomic E-state index is 12.8. The van der Waals surface area contributed by atoms with Crippen LogP contribution in [0.4, 0.5) is 0 Å². The van der Waals surface area contributed by atoms with Crippen LogP contribution in [-0.2, 0) is 6.54 Å². The monoisotopic (exact) mass is 444 g/mol. The number of para-hydroxylation sites is 1. The second-order valence-corrected chi connectivity index (χ2v) is 8.83. The molecule has 0 saturated heterocycles. The Morgan fingerprint density at radius 1 is 1.41 bits per heavy atom. The number of nitrogens with zero attached hydrogens (tertiary/aromatic N) is 4. The van der Waals surface area contributed by atoms with Crippen LogP contribution >= 0.6 is 35.2 Å². The summed E-state index contributed by atoms with van der Waals surface area (Å²) >= 11 is 13.0. The van der Waals surface area contributed by atoms with Crippen molar-refractivity contribution in [3.05, 3.63) is 56.5 Å². The number of hydrogen-bond acceptors (Lipinski definition) is 5. The molecule has 1 aliphatic rings. The van der Waals surface area contributed by atoms with Crippen molar-refractivity contribution in [1.29, 1.82) is 0 Å². The van der Waals surface area contributed by atoms with Gasteiger partial charge in [0.2, 0.25) is 0 Å². The zero-order valence-electron chi connectivity index (χ0n) is 15.5. The molecule has 2 N–H and O–H groups in total. The lowest BCUT2D eigenvalue weighted by Crippen LogP contribution is -2.24. The zero-order chi connectivity index (χ0) is 20.1. The van der Waals surface area contributed by atoms with Gasteiger partial charge in [0.05, 0.1) is 27.8 Å². The molecular weight excluding hydrogens is 428 g/mol. The number of aryl methyl sites for hydroxylation is 1. The largest absolute Gasteiger partial charge is 0.344 e. The van der Waals surface area contributed by atoms with Gasteiger partial charge in [-0.15, -0.1) is 11.3 Å². The fraction of sp³-hybridized carbons (Fsp3) is 0.263. The molecular formula is C19H17ClN6OS2. The van der Waals surface area contributed by atoms with E-state index in [1.165, 1.54) is 11.3 Å². The first-order valence-corrected chi connectivity index (χ1v) is 10.8. The van der Waals surface area contributed by atoms with Crippen LogP contribution in [0.3, 0.4) is 0 Å². The van der Waals surface area contributed by atoms with E-state index in [1.807, 2.05) is 41.8 Å². The Bertz CT molecular complexity index is 1300. The number of carbonyl (C=O) groups is 1. The van der Waals surface area contributed by atoms with Gasteiger partial charge < -0.3 is 5.32 Å².